The van der Waals surface area contributed by atoms with Crippen LogP contribution in [0, 0.1) is 10.8 Å². The van der Waals surface area contributed by atoms with Crippen molar-refractivity contribution in [1.82, 2.24) is 9.80 Å². The third-order valence-corrected chi connectivity index (χ3v) is 7.39. The summed E-state index contributed by atoms with van der Waals surface area (Å²) in [6, 6.07) is 0. The summed E-state index contributed by atoms with van der Waals surface area (Å²) in [5.74, 6) is 0.887. The number of ketones is 2. The standard InChI is InChI=1S/C24H38N2O2.ClH/c1-3-11-23(13-7-5-9-21(23)27)19-25-15-17-26(18-16-25)20-24(12-4-2)14-8-6-10-22(24)28;/h3-4H,1-2,5-20H2;1H/p-1. The third-order valence-electron chi connectivity index (χ3n) is 7.39. The highest BCUT2D eigenvalue weighted by atomic mass is 35.5. The van der Waals surface area contributed by atoms with Crippen LogP contribution in [0.5, 0.6) is 0 Å². The number of carbonyl (C=O) groups is 2. The minimum absolute atomic E-state index is 0. The molecule has 1 aliphatic heterocycles. The molecule has 3 fully saturated rings. The molecular formula is C24H38ClN2O2-. The Kier molecular flexibility index (Phi) is 9.12. The molecule has 2 aliphatic carbocycles. The Balaban J connectivity index is 0.00000300. The molecule has 4 nitrogen and oxygen atoms in total. The molecule has 0 amide bonds. The van der Waals surface area contributed by atoms with Crippen LogP contribution in [0.1, 0.15) is 64.2 Å². The van der Waals surface area contributed by atoms with Gasteiger partial charge in [-0.3, -0.25) is 19.4 Å². The van der Waals surface area contributed by atoms with Crippen LogP contribution < -0.4 is 12.4 Å². The fourth-order valence-electron chi connectivity index (χ4n) is 5.72. The molecule has 1 saturated heterocycles. The van der Waals surface area contributed by atoms with Gasteiger partial charge in [-0.2, -0.15) is 0 Å². The average molecular weight is 422 g/mol. The van der Waals surface area contributed by atoms with Crippen LogP contribution in [0.15, 0.2) is 25.3 Å². The Morgan fingerprint density at radius 2 is 1.10 bits per heavy atom. The highest BCUT2D eigenvalue weighted by molar-refractivity contribution is 5.86. The van der Waals surface area contributed by atoms with Gasteiger partial charge in [0.2, 0.25) is 0 Å². The van der Waals surface area contributed by atoms with Crippen molar-refractivity contribution in [3.05, 3.63) is 25.3 Å². The molecule has 3 rings (SSSR count). The van der Waals surface area contributed by atoms with Crippen molar-refractivity contribution in [2.45, 2.75) is 64.2 Å². The lowest BCUT2D eigenvalue weighted by molar-refractivity contribution is -0.134. The number of hydrogen-bond donors (Lipinski definition) is 0. The van der Waals surface area contributed by atoms with Gasteiger partial charge in [-0.25, -0.2) is 0 Å². The van der Waals surface area contributed by atoms with Crippen LogP contribution >= 0.6 is 0 Å². The van der Waals surface area contributed by atoms with E-state index in [1.807, 2.05) is 12.2 Å². The van der Waals surface area contributed by atoms with Gasteiger partial charge >= 0.3 is 0 Å². The summed E-state index contributed by atoms with van der Waals surface area (Å²) >= 11 is 0. The first-order valence-corrected chi connectivity index (χ1v) is 11.3. The molecule has 2 unspecified atom stereocenters. The molecule has 2 atom stereocenters. The van der Waals surface area contributed by atoms with Gasteiger partial charge in [0.05, 0.1) is 0 Å². The fourth-order valence-corrected chi connectivity index (χ4v) is 5.72. The second-order valence-electron chi connectivity index (χ2n) is 9.36. The Morgan fingerprint density at radius 1 is 0.724 bits per heavy atom. The van der Waals surface area contributed by atoms with Gasteiger partial charge in [0.1, 0.15) is 11.6 Å². The average Bonchev–Trinajstić information content (AvgIpc) is 2.69. The van der Waals surface area contributed by atoms with E-state index < -0.39 is 0 Å². The molecule has 0 aromatic carbocycles. The maximum atomic E-state index is 12.7. The normalized spacial score (nSPS) is 31.9. The predicted octanol–water partition coefficient (Wildman–Crippen LogP) is 1.02. The summed E-state index contributed by atoms with van der Waals surface area (Å²) in [6.07, 6.45) is 13.4. The summed E-state index contributed by atoms with van der Waals surface area (Å²) in [5.41, 5.74) is -0.406. The molecule has 1 heterocycles. The van der Waals surface area contributed by atoms with Gasteiger partial charge in [0.15, 0.2) is 0 Å². The predicted molar refractivity (Wildman–Crippen MR) is 114 cm³/mol. The Hall–Kier alpha value is -0.970. The van der Waals surface area contributed by atoms with Crippen LogP contribution in [0.25, 0.3) is 0 Å². The lowest BCUT2D eigenvalue weighted by Crippen LogP contribution is -3.00. The van der Waals surface area contributed by atoms with Crippen LogP contribution in [0.2, 0.25) is 0 Å². The van der Waals surface area contributed by atoms with E-state index in [2.05, 4.69) is 23.0 Å². The first-order chi connectivity index (χ1) is 13.5. The van der Waals surface area contributed by atoms with Gasteiger partial charge < -0.3 is 12.4 Å². The summed E-state index contributed by atoms with van der Waals surface area (Å²) in [7, 11) is 0. The number of nitrogens with zero attached hydrogens (tertiary/aromatic N) is 2. The third kappa shape index (κ3) is 5.59. The first kappa shape index (κ1) is 24.3. The van der Waals surface area contributed by atoms with Gasteiger partial charge in [-0.15, -0.1) is 13.2 Å². The zero-order chi connectivity index (χ0) is 20.0. The monoisotopic (exact) mass is 421 g/mol. The highest BCUT2D eigenvalue weighted by Crippen LogP contribution is 2.39. The number of allylic oxidation sites excluding steroid dienone is 2. The van der Waals surface area contributed by atoms with Crippen LogP contribution in [-0.4, -0.2) is 60.6 Å². The molecule has 0 bridgehead atoms. The summed E-state index contributed by atoms with van der Waals surface area (Å²) in [6.45, 7) is 13.6. The smallest absolute Gasteiger partial charge is 0.140 e. The quantitative estimate of drug-likeness (QED) is 0.549. The van der Waals surface area contributed by atoms with E-state index >= 15 is 0 Å². The van der Waals surface area contributed by atoms with Gasteiger partial charge in [0, 0.05) is 62.9 Å². The number of carbonyl (C=O) groups excluding carboxylic acids is 2. The number of hydrogen-bond acceptors (Lipinski definition) is 4. The van der Waals surface area contributed by atoms with Crippen LogP contribution in [-0.2, 0) is 9.59 Å². The molecule has 2 saturated carbocycles. The lowest BCUT2D eigenvalue weighted by Gasteiger charge is -2.45. The molecule has 0 N–H and O–H groups in total. The zero-order valence-corrected chi connectivity index (χ0v) is 18.7. The van der Waals surface area contributed by atoms with Gasteiger partial charge in [0.25, 0.3) is 0 Å². The Labute approximate surface area is 183 Å². The maximum Gasteiger partial charge on any atom is 0.140 e. The molecule has 5 heteroatoms. The lowest BCUT2D eigenvalue weighted by atomic mass is 9.70. The maximum absolute atomic E-state index is 12.7. The van der Waals surface area contributed by atoms with Crippen LogP contribution in [0.4, 0.5) is 0 Å². The van der Waals surface area contributed by atoms with Gasteiger partial charge in [-0.05, 0) is 38.5 Å². The summed E-state index contributed by atoms with van der Waals surface area (Å²) in [5, 5.41) is 0. The van der Waals surface area contributed by atoms with Crippen molar-refractivity contribution in [2.24, 2.45) is 10.8 Å². The number of piperazine rings is 1. The Bertz CT molecular complexity index is 548. The molecule has 0 aromatic heterocycles. The van der Waals surface area contributed by atoms with E-state index in [1.54, 1.807) is 0 Å². The summed E-state index contributed by atoms with van der Waals surface area (Å²) in [4.78, 5) is 30.4. The second-order valence-corrected chi connectivity index (χ2v) is 9.36. The van der Waals surface area contributed by atoms with Crippen LogP contribution in [0.3, 0.4) is 0 Å². The topological polar surface area (TPSA) is 40.6 Å². The molecule has 0 radical (unpaired) electrons. The second kappa shape index (κ2) is 10.9. The molecule has 0 aromatic rings. The minimum atomic E-state index is -0.203. The number of rotatable bonds is 8. The highest BCUT2D eigenvalue weighted by Gasteiger charge is 2.42. The van der Waals surface area contributed by atoms with Crippen molar-refractivity contribution in [2.75, 3.05) is 39.3 Å². The van der Waals surface area contributed by atoms with E-state index in [-0.39, 0.29) is 23.2 Å². The van der Waals surface area contributed by atoms with E-state index in [0.717, 1.165) is 103 Å². The molecule has 3 aliphatic rings. The summed E-state index contributed by atoms with van der Waals surface area (Å²) < 4.78 is 0. The number of Topliss-reactive ketones (excluding diaryl/α,β-unsaturated/α-hetero) is 2. The molecule has 29 heavy (non-hydrogen) atoms. The van der Waals surface area contributed by atoms with E-state index in [0.29, 0.717) is 11.6 Å². The number of halogens is 1. The molecule has 164 valence electrons. The van der Waals surface area contributed by atoms with Gasteiger partial charge in [-0.1, -0.05) is 25.0 Å². The fraction of sp³-hybridized carbons (Fsp3) is 0.750. The van der Waals surface area contributed by atoms with E-state index in [9.17, 15) is 9.59 Å². The molecular weight excluding hydrogens is 384 g/mol. The van der Waals surface area contributed by atoms with Crippen molar-refractivity contribution < 1.29 is 22.0 Å². The zero-order valence-electron chi connectivity index (χ0n) is 18.0. The van der Waals surface area contributed by atoms with Crippen molar-refractivity contribution in [1.29, 1.82) is 0 Å². The van der Waals surface area contributed by atoms with E-state index in [1.165, 1.54) is 0 Å². The molecule has 0 spiro atoms. The SMILES string of the molecule is C=CCC1(CN2CCN(CC3(CC=C)CCCCC3=O)CC2)CCCCC1=O.[Cl-]. The Morgan fingerprint density at radius 3 is 1.41 bits per heavy atom. The largest absolute Gasteiger partial charge is 1.00 e. The van der Waals surface area contributed by atoms with E-state index in [4.69, 9.17) is 0 Å². The first-order valence-electron chi connectivity index (χ1n) is 11.3. The van der Waals surface area contributed by atoms with Crippen molar-refractivity contribution in [3.63, 3.8) is 0 Å². The van der Waals surface area contributed by atoms with Crippen molar-refractivity contribution in [3.8, 4) is 0 Å². The van der Waals surface area contributed by atoms with Crippen molar-refractivity contribution >= 4 is 11.6 Å². The minimum Gasteiger partial charge on any atom is -1.00 e.